The summed E-state index contributed by atoms with van der Waals surface area (Å²) in [5.41, 5.74) is 3.93. The van der Waals surface area contributed by atoms with Crippen LogP contribution in [0.1, 0.15) is 12.8 Å². The largest absolute Gasteiger partial charge is 0.389 e. The Hall–Kier alpha value is -0.460. The van der Waals surface area contributed by atoms with Crippen molar-refractivity contribution in [3.63, 3.8) is 0 Å². The van der Waals surface area contributed by atoms with E-state index >= 15 is 0 Å². The van der Waals surface area contributed by atoms with Crippen LogP contribution in [0.25, 0.3) is 0 Å². The predicted octanol–water partition coefficient (Wildman–Crippen LogP) is 2.22. The highest BCUT2D eigenvalue weighted by Crippen LogP contribution is 2.27. The molecule has 0 aliphatic rings. The van der Waals surface area contributed by atoms with Crippen molar-refractivity contribution in [2.45, 2.75) is 31.2 Å². The molecule has 0 aromatic rings. The van der Waals surface area contributed by atoms with Gasteiger partial charge in [-0.25, -0.2) is 4.39 Å². The third kappa shape index (κ3) is 5.22. The summed E-state index contributed by atoms with van der Waals surface area (Å²) in [5, 5.41) is 0. The molecular formula is C5H7F6N. The average Bonchev–Trinajstić information content (AvgIpc) is 1.78. The maximum absolute atomic E-state index is 12.1. The Bertz CT molecular complexity index is 136. The first kappa shape index (κ1) is 11.5. The van der Waals surface area contributed by atoms with Crippen molar-refractivity contribution in [2.75, 3.05) is 0 Å². The molecule has 0 saturated carbocycles. The first-order chi connectivity index (χ1) is 5.13. The molecule has 1 nitrogen and oxygen atoms in total. The van der Waals surface area contributed by atoms with E-state index in [9.17, 15) is 26.3 Å². The van der Waals surface area contributed by atoms with Crippen LogP contribution in [0.15, 0.2) is 0 Å². The Kier molecular flexibility index (Phi) is 3.37. The fraction of sp³-hybridized carbons (Fsp3) is 1.00. The van der Waals surface area contributed by atoms with E-state index in [4.69, 9.17) is 0 Å². The molecule has 1 atom stereocenters. The van der Waals surface area contributed by atoms with Crippen LogP contribution in [0.3, 0.4) is 0 Å². The van der Waals surface area contributed by atoms with Gasteiger partial charge in [0.05, 0.1) is 0 Å². The van der Waals surface area contributed by atoms with Gasteiger partial charge in [0, 0.05) is 6.42 Å². The van der Waals surface area contributed by atoms with Crippen LogP contribution in [0.4, 0.5) is 26.3 Å². The summed E-state index contributed by atoms with van der Waals surface area (Å²) in [7, 11) is 0. The standard InChI is InChI=1S/C5H7F6N/c6-3(5(10,11)12)1-2-4(7,8)9/h3H,1-2,12H2. The average molecular weight is 195 g/mol. The number of nitrogens with two attached hydrogens (primary N) is 1. The van der Waals surface area contributed by atoms with Crippen molar-refractivity contribution in [1.82, 2.24) is 0 Å². The summed E-state index contributed by atoms with van der Waals surface area (Å²) in [6.45, 7) is 0. The van der Waals surface area contributed by atoms with Crippen LogP contribution in [-0.2, 0) is 0 Å². The molecule has 0 fully saturated rings. The second-order valence-corrected chi connectivity index (χ2v) is 2.30. The van der Waals surface area contributed by atoms with Crippen LogP contribution >= 0.6 is 0 Å². The molecule has 0 spiro atoms. The fourth-order valence-corrected chi connectivity index (χ4v) is 0.483. The van der Waals surface area contributed by atoms with Crippen LogP contribution in [-0.4, -0.2) is 18.4 Å². The summed E-state index contributed by atoms with van der Waals surface area (Å²) in [5.74, 6) is 0. The molecule has 0 rings (SSSR count). The van der Waals surface area contributed by atoms with Crippen LogP contribution in [0.5, 0.6) is 0 Å². The Morgan fingerprint density at radius 2 is 1.50 bits per heavy atom. The van der Waals surface area contributed by atoms with Gasteiger partial charge < -0.3 is 0 Å². The number of rotatable bonds is 3. The lowest BCUT2D eigenvalue weighted by atomic mass is 10.2. The third-order valence-electron chi connectivity index (χ3n) is 1.10. The van der Waals surface area contributed by atoms with Gasteiger partial charge in [0.1, 0.15) is 0 Å². The van der Waals surface area contributed by atoms with Crippen LogP contribution in [0.2, 0.25) is 0 Å². The van der Waals surface area contributed by atoms with Gasteiger partial charge in [0.2, 0.25) is 0 Å². The molecule has 0 aliphatic carbocycles. The van der Waals surface area contributed by atoms with Gasteiger partial charge in [0.15, 0.2) is 6.17 Å². The second-order valence-electron chi connectivity index (χ2n) is 2.30. The van der Waals surface area contributed by atoms with Crippen molar-refractivity contribution >= 4 is 0 Å². The lowest BCUT2D eigenvalue weighted by Gasteiger charge is -2.15. The van der Waals surface area contributed by atoms with Gasteiger partial charge in [0.25, 0.3) is 0 Å². The second kappa shape index (κ2) is 3.51. The summed E-state index contributed by atoms with van der Waals surface area (Å²) in [4.78, 5) is 0. The zero-order chi connectivity index (χ0) is 9.99. The molecule has 0 radical (unpaired) electrons. The Morgan fingerprint density at radius 1 is 1.08 bits per heavy atom. The smallest absolute Gasteiger partial charge is 0.270 e. The van der Waals surface area contributed by atoms with E-state index in [1.807, 2.05) is 0 Å². The summed E-state index contributed by atoms with van der Waals surface area (Å²) >= 11 is 0. The first-order valence-corrected chi connectivity index (χ1v) is 3.00. The lowest BCUT2D eigenvalue weighted by Crippen LogP contribution is -2.40. The molecule has 0 heterocycles. The Balaban J connectivity index is 3.80. The summed E-state index contributed by atoms with van der Waals surface area (Å²) < 4.78 is 69.6. The van der Waals surface area contributed by atoms with Crippen LogP contribution in [0, 0.1) is 0 Å². The molecule has 0 aromatic heterocycles. The molecule has 0 amide bonds. The Labute approximate surface area is 64.5 Å². The SMILES string of the molecule is NC(F)(F)C(F)CCC(F)(F)F. The monoisotopic (exact) mass is 195 g/mol. The van der Waals surface area contributed by atoms with E-state index in [0.717, 1.165) is 0 Å². The molecule has 0 bridgehead atoms. The number of alkyl halides is 6. The maximum Gasteiger partial charge on any atom is 0.389 e. The summed E-state index contributed by atoms with van der Waals surface area (Å²) in [6.07, 6.45) is -10.5. The Morgan fingerprint density at radius 3 is 1.75 bits per heavy atom. The van der Waals surface area contributed by atoms with E-state index in [0.29, 0.717) is 0 Å². The van der Waals surface area contributed by atoms with Gasteiger partial charge in [-0.1, -0.05) is 0 Å². The first-order valence-electron chi connectivity index (χ1n) is 3.00. The van der Waals surface area contributed by atoms with Crippen LogP contribution < -0.4 is 5.73 Å². The topological polar surface area (TPSA) is 26.0 Å². The van der Waals surface area contributed by atoms with Gasteiger partial charge >= 0.3 is 12.2 Å². The van der Waals surface area contributed by atoms with E-state index in [2.05, 4.69) is 5.73 Å². The molecule has 12 heavy (non-hydrogen) atoms. The molecule has 2 N–H and O–H groups in total. The molecule has 0 saturated heterocycles. The zero-order valence-corrected chi connectivity index (χ0v) is 5.84. The zero-order valence-electron chi connectivity index (χ0n) is 5.84. The minimum Gasteiger partial charge on any atom is -0.270 e. The van der Waals surface area contributed by atoms with Gasteiger partial charge in [-0.3, -0.25) is 5.73 Å². The third-order valence-corrected chi connectivity index (χ3v) is 1.10. The maximum atomic E-state index is 12.1. The number of hydrogen-bond acceptors (Lipinski definition) is 1. The van der Waals surface area contributed by atoms with Crippen molar-refractivity contribution in [3.8, 4) is 0 Å². The van der Waals surface area contributed by atoms with Crippen molar-refractivity contribution in [2.24, 2.45) is 5.73 Å². The predicted molar refractivity (Wildman–Crippen MR) is 29.3 cm³/mol. The molecule has 7 heteroatoms. The van der Waals surface area contributed by atoms with Gasteiger partial charge in [-0.2, -0.15) is 22.0 Å². The normalized spacial score (nSPS) is 16.2. The number of halogens is 6. The lowest BCUT2D eigenvalue weighted by molar-refractivity contribution is -0.147. The van der Waals surface area contributed by atoms with E-state index < -0.39 is 31.2 Å². The molecular weight excluding hydrogens is 188 g/mol. The van der Waals surface area contributed by atoms with E-state index in [-0.39, 0.29) is 0 Å². The highest BCUT2D eigenvalue weighted by Gasteiger charge is 2.38. The van der Waals surface area contributed by atoms with Gasteiger partial charge in [-0.05, 0) is 6.42 Å². The highest BCUT2D eigenvalue weighted by atomic mass is 19.4. The summed E-state index contributed by atoms with van der Waals surface area (Å²) in [6, 6.07) is -4.19. The number of hydrogen-bond donors (Lipinski definition) is 1. The molecule has 74 valence electrons. The van der Waals surface area contributed by atoms with E-state index in [1.165, 1.54) is 0 Å². The van der Waals surface area contributed by atoms with Gasteiger partial charge in [-0.15, -0.1) is 0 Å². The molecule has 1 unspecified atom stereocenters. The van der Waals surface area contributed by atoms with Crippen molar-refractivity contribution < 1.29 is 26.3 Å². The highest BCUT2D eigenvalue weighted by molar-refractivity contribution is 4.71. The minimum absolute atomic E-state index is 1.31. The fourth-order valence-electron chi connectivity index (χ4n) is 0.483. The van der Waals surface area contributed by atoms with E-state index in [1.54, 1.807) is 0 Å². The van der Waals surface area contributed by atoms with Crippen molar-refractivity contribution in [3.05, 3.63) is 0 Å². The molecule has 0 aliphatic heterocycles. The molecule has 0 aromatic carbocycles. The van der Waals surface area contributed by atoms with Crippen molar-refractivity contribution in [1.29, 1.82) is 0 Å². The minimum atomic E-state index is -4.63. The quantitative estimate of drug-likeness (QED) is 0.542.